The molecule has 0 aliphatic rings. The molecule has 0 fully saturated rings. The van der Waals surface area contributed by atoms with E-state index >= 15 is 0 Å². The number of rotatable bonds is 2. The second-order valence-corrected chi connectivity index (χ2v) is 2.20. The number of ether oxygens (including phenoxy) is 1. The van der Waals surface area contributed by atoms with Crippen molar-refractivity contribution >= 4 is 28.6 Å². The molecule has 1 aromatic rings. The fourth-order valence-electron chi connectivity index (χ4n) is 0.651. The fourth-order valence-corrected chi connectivity index (χ4v) is 1.14. The van der Waals surface area contributed by atoms with Gasteiger partial charge in [-0.2, -0.15) is 0 Å². The van der Waals surface area contributed by atoms with Gasteiger partial charge in [-0.1, -0.05) is 0 Å². The van der Waals surface area contributed by atoms with E-state index in [0.29, 0.717) is 0 Å². The molecular formula is C5H4INO3. The van der Waals surface area contributed by atoms with E-state index in [0.717, 1.165) is 0 Å². The first kappa shape index (κ1) is 7.52. The molecule has 4 nitrogen and oxygen atoms in total. The first-order valence-electron chi connectivity index (χ1n) is 2.46. The van der Waals surface area contributed by atoms with Crippen molar-refractivity contribution in [1.82, 2.24) is 0 Å². The molecule has 54 valence electrons. The van der Waals surface area contributed by atoms with Crippen LogP contribution >= 0.6 is 22.9 Å². The number of hydrogen-bond acceptors (Lipinski definition) is 4. The zero-order valence-corrected chi connectivity index (χ0v) is 7.26. The smallest absolute Gasteiger partial charge is 0.272 e. The Morgan fingerprint density at radius 3 is 2.30 bits per heavy atom. The lowest BCUT2D eigenvalue weighted by Gasteiger charge is -2.05. The van der Waals surface area contributed by atoms with E-state index in [2.05, 4.69) is 8.27 Å². The van der Waals surface area contributed by atoms with Crippen molar-refractivity contribution in [2.75, 3.05) is 10.6 Å². The summed E-state index contributed by atoms with van der Waals surface area (Å²) >= 11 is 1.77. The maximum Gasteiger partial charge on any atom is 0.272 e. The minimum Gasteiger partial charge on any atom is -0.491 e. The summed E-state index contributed by atoms with van der Waals surface area (Å²) in [5.41, 5.74) is -0.805. The molecule has 0 aromatic heterocycles. The highest BCUT2D eigenvalue weighted by molar-refractivity contribution is 14.1. The highest BCUT2D eigenvalue weighted by Crippen LogP contribution is 2.17. The van der Waals surface area contributed by atoms with Crippen molar-refractivity contribution < 1.29 is 4.74 Å². The van der Waals surface area contributed by atoms with E-state index in [9.17, 15) is 9.59 Å². The minimum atomic E-state index is -0.554. The average molecular weight is 253 g/mol. The molecule has 0 spiro atoms. The van der Waals surface area contributed by atoms with E-state index in [1.54, 1.807) is 22.9 Å². The monoisotopic (exact) mass is 253 g/mol. The first-order chi connectivity index (χ1) is 4.72. The molecule has 0 heterocycles. The fraction of sp³-hybridized carbons (Fsp3) is 0.200. The maximum atomic E-state index is 10.6. The standard InChI is InChI=1S/C5H4INO3/c1-10-5-2(7-6)3(8)4(5)9/h7H,1H3. The summed E-state index contributed by atoms with van der Waals surface area (Å²) in [6, 6.07) is 0. The van der Waals surface area contributed by atoms with Crippen LogP contribution in [0.25, 0.3) is 0 Å². The Labute approximate surface area is 70.4 Å². The van der Waals surface area contributed by atoms with Crippen LogP contribution in [0.1, 0.15) is 0 Å². The molecule has 0 amide bonds. The van der Waals surface area contributed by atoms with E-state index < -0.39 is 10.9 Å². The molecular weight excluding hydrogens is 249 g/mol. The summed E-state index contributed by atoms with van der Waals surface area (Å²) in [6.07, 6.45) is 0. The zero-order chi connectivity index (χ0) is 7.72. The predicted molar refractivity (Wildman–Crippen MR) is 45.5 cm³/mol. The Morgan fingerprint density at radius 1 is 1.40 bits per heavy atom. The van der Waals surface area contributed by atoms with Gasteiger partial charge in [0.25, 0.3) is 10.9 Å². The van der Waals surface area contributed by atoms with Crippen molar-refractivity contribution in [3.05, 3.63) is 20.4 Å². The number of hydrogen-bond donors (Lipinski definition) is 1. The zero-order valence-electron chi connectivity index (χ0n) is 5.10. The molecule has 1 aromatic carbocycles. The maximum absolute atomic E-state index is 10.6. The summed E-state index contributed by atoms with van der Waals surface area (Å²) < 4.78 is 7.15. The third-order valence-electron chi connectivity index (χ3n) is 1.17. The summed E-state index contributed by atoms with van der Waals surface area (Å²) in [4.78, 5) is 21.2. The Morgan fingerprint density at radius 2 is 2.00 bits per heavy atom. The number of nitrogens with one attached hydrogen (secondary N) is 1. The topological polar surface area (TPSA) is 55.4 Å². The SMILES string of the molecule is COc1c(NI)c(=O)c1=O. The molecule has 0 aliphatic carbocycles. The largest absolute Gasteiger partial charge is 0.491 e. The molecule has 0 radical (unpaired) electrons. The van der Waals surface area contributed by atoms with Crippen molar-refractivity contribution in [3.63, 3.8) is 0 Å². The molecule has 0 aliphatic heterocycles. The van der Waals surface area contributed by atoms with Crippen LogP contribution in [-0.4, -0.2) is 7.11 Å². The lowest BCUT2D eigenvalue weighted by atomic mass is 10.2. The summed E-state index contributed by atoms with van der Waals surface area (Å²) in [7, 11) is 1.35. The number of methoxy groups -OCH3 is 1. The van der Waals surface area contributed by atoms with Crippen LogP contribution in [0.4, 0.5) is 5.69 Å². The predicted octanol–water partition coefficient (Wildman–Crippen LogP) is 0.0531. The van der Waals surface area contributed by atoms with Gasteiger partial charge >= 0.3 is 0 Å². The first-order valence-corrected chi connectivity index (χ1v) is 3.54. The lowest BCUT2D eigenvalue weighted by Crippen LogP contribution is -2.33. The number of halogens is 1. The van der Waals surface area contributed by atoms with Crippen molar-refractivity contribution in [2.24, 2.45) is 0 Å². The van der Waals surface area contributed by atoms with Gasteiger partial charge in [-0.3, -0.25) is 9.59 Å². The Bertz CT molecular complexity index is 281. The van der Waals surface area contributed by atoms with Gasteiger partial charge in [0.15, 0.2) is 5.75 Å². The molecule has 10 heavy (non-hydrogen) atoms. The molecule has 1 rings (SSSR count). The van der Waals surface area contributed by atoms with Gasteiger partial charge in [-0.25, -0.2) is 0 Å². The van der Waals surface area contributed by atoms with Crippen molar-refractivity contribution in [2.45, 2.75) is 0 Å². The Balaban J connectivity index is 3.16. The van der Waals surface area contributed by atoms with Gasteiger partial charge in [0.2, 0.25) is 0 Å². The van der Waals surface area contributed by atoms with Gasteiger partial charge in [-0.05, 0) is 0 Å². The molecule has 0 unspecified atom stereocenters. The van der Waals surface area contributed by atoms with Crippen LogP contribution in [0.2, 0.25) is 0 Å². The van der Waals surface area contributed by atoms with Crippen LogP contribution in [0.5, 0.6) is 5.75 Å². The summed E-state index contributed by atoms with van der Waals surface area (Å²) in [6.45, 7) is 0. The number of anilines is 1. The highest BCUT2D eigenvalue weighted by atomic mass is 127. The Kier molecular flexibility index (Phi) is 1.93. The van der Waals surface area contributed by atoms with E-state index in [1.165, 1.54) is 7.11 Å². The molecule has 0 bridgehead atoms. The highest BCUT2D eigenvalue weighted by Gasteiger charge is 2.20. The third-order valence-corrected chi connectivity index (χ3v) is 1.70. The molecule has 0 saturated carbocycles. The van der Waals surface area contributed by atoms with Crippen LogP contribution in [-0.2, 0) is 0 Å². The van der Waals surface area contributed by atoms with Crippen molar-refractivity contribution in [3.8, 4) is 5.75 Å². The van der Waals surface area contributed by atoms with Crippen LogP contribution in [0.15, 0.2) is 9.59 Å². The molecule has 0 saturated heterocycles. The average Bonchev–Trinajstić information content (AvgIpc) is 1.97. The quantitative estimate of drug-likeness (QED) is 0.459. The van der Waals surface area contributed by atoms with E-state index in [4.69, 9.17) is 0 Å². The lowest BCUT2D eigenvalue weighted by molar-refractivity contribution is 0.408. The molecule has 1 N–H and O–H groups in total. The van der Waals surface area contributed by atoms with E-state index in [1.807, 2.05) is 0 Å². The molecule has 5 heteroatoms. The van der Waals surface area contributed by atoms with Gasteiger partial charge in [-0.15, -0.1) is 0 Å². The Hall–Kier alpha value is -0.590. The van der Waals surface area contributed by atoms with Crippen LogP contribution in [0.3, 0.4) is 0 Å². The second kappa shape index (κ2) is 2.57. The summed E-state index contributed by atoms with van der Waals surface area (Å²) in [5, 5.41) is 0. The van der Waals surface area contributed by atoms with Gasteiger partial charge in [0, 0.05) is 0 Å². The normalized spacial score (nSPS) is 9.80. The van der Waals surface area contributed by atoms with Crippen LogP contribution < -0.4 is 19.1 Å². The third kappa shape index (κ3) is 0.808. The van der Waals surface area contributed by atoms with Gasteiger partial charge in [0.1, 0.15) is 5.69 Å². The van der Waals surface area contributed by atoms with Crippen molar-refractivity contribution in [1.29, 1.82) is 0 Å². The van der Waals surface area contributed by atoms with Crippen LogP contribution in [0, 0.1) is 0 Å². The van der Waals surface area contributed by atoms with Gasteiger partial charge < -0.3 is 8.27 Å². The van der Waals surface area contributed by atoms with E-state index in [-0.39, 0.29) is 11.4 Å². The molecule has 0 atom stereocenters. The summed E-state index contributed by atoms with van der Waals surface area (Å²) in [5.74, 6) is 0.124. The minimum absolute atomic E-state index is 0.124. The second-order valence-electron chi connectivity index (χ2n) is 1.66. The van der Waals surface area contributed by atoms with Gasteiger partial charge in [0.05, 0.1) is 30.0 Å².